The number of rotatable bonds is 5. The summed E-state index contributed by atoms with van der Waals surface area (Å²) in [6.07, 6.45) is 5.80. The molecule has 1 aromatic rings. The topological polar surface area (TPSA) is 60.4 Å². The first-order chi connectivity index (χ1) is 10.1. The Bertz CT molecular complexity index is 524. The highest BCUT2D eigenvalue weighted by Crippen LogP contribution is 2.32. The molecular formula is C17H20O4. The molecule has 1 aliphatic carbocycles. The van der Waals surface area contributed by atoms with Crippen LogP contribution in [0.3, 0.4) is 0 Å². The fourth-order valence-electron chi connectivity index (χ4n) is 2.81. The molecule has 0 heterocycles. The van der Waals surface area contributed by atoms with E-state index in [4.69, 9.17) is 0 Å². The highest BCUT2D eigenvalue weighted by Gasteiger charge is 2.20. The fourth-order valence-corrected chi connectivity index (χ4v) is 2.81. The molecule has 2 rings (SSSR count). The number of ether oxygens (including phenoxy) is 1. The van der Waals surface area contributed by atoms with Crippen molar-refractivity contribution in [1.82, 2.24) is 0 Å². The van der Waals surface area contributed by atoms with Gasteiger partial charge in [-0.1, -0.05) is 43.5 Å². The Kier molecular flexibility index (Phi) is 5.26. The first-order valence-corrected chi connectivity index (χ1v) is 7.36. The van der Waals surface area contributed by atoms with Gasteiger partial charge in [0.2, 0.25) is 5.78 Å². The summed E-state index contributed by atoms with van der Waals surface area (Å²) in [5.74, 6) is -1.54. The van der Waals surface area contributed by atoms with Crippen LogP contribution in [0.25, 0.3) is 0 Å². The number of hydrogen-bond donors (Lipinski definition) is 0. The Labute approximate surface area is 124 Å². The molecule has 0 saturated heterocycles. The minimum absolute atomic E-state index is 0.347. The molecule has 0 radical (unpaired) electrons. The van der Waals surface area contributed by atoms with Gasteiger partial charge in [0.15, 0.2) is 5.78 Å². The quantitative estimate of drug-likeness (QED) is 0.361. The summed E-state index contributed by atoms with van der Waals surface area (Å²) in [5, 5.41) is 0. The number of carbonyl (C=O) groups is 3. The SMILES string of the molecule is COC(=O)C(=O)CC(=O)c1ccc(C2CCCCC2)cc1. The van der Waals surface area contributed by atoms with E-state index in [0.717, 1.165) is 7.11 Å². The van der Waals surface area contributed by atoms with Crippen LogP contribution in [0, 0.1) is 0 Å². The van der Waals surface area contributed by atoms with Crippen LogP contribution in [0.2, 0.25) is 0 Å². The lowest BCUT2D eigenvalue weighted by Gasteiger charge is -2.22. The summed E-state index contributed by atoms with van der Waals surface area (Å²) < 4.78 is 4.31. The standard InChI is InChI=1S/C17H20O4/c1-21-17(20)16(19)11-15(18)14-9-7-13(8-10-14)12-5-3-2-4-6-12/h7-10,12H,2-6,11H2,1H3. The Morgan fingerprint density at radius 2 is 1.67 bits per heavy atom. The maximum atomic E-state index is 11.9. The fraction of sp³-hybridized carbons (Fsp3) is 0.471. The normalized spacial score (nSPS) is 15.5. The van der Waals surface area contributed by atoms with Crippen LogP contribution in [0.5, 0.6) is 0 Å². The van der Waals surface area contributed by atoms with E-state index in [9.17, 15) is 14.4 Å². The molecular weight excluding hydrogens is 268 g/mol. The van der Waals surface area contributed by atoms with Gasteiger partial charge >= 0.3 is 5.97 Å². The molecule has 0 bridgehead atoms. The summed E-state index contributed by atoms with van der Waals surface area (Å²) in [7, 11) is 1.13. The molecule has 0 aromatic heterocycles. The summed E-state index contributed by atoms with van der Waals surface area (Å²) in [6, 6.07) is 7.42. The van der Waals surface area contributed by atoms with E-state index >= 15 is 0 Å². The van der Waals surface area contributed by atoms with Crippen molar-refractivity contribution in [2.45, 2.75) is 44.4 Å². The van der Waals surface area contributed by atoms with Gasteiger partial charge in [0.05, 0.1) is 13.5 Å². The van der Waals surface area contributed by atoms with Crippen LogP contribution >= 0.6 is 0 Å². The Morgan fingerprint density at radius 1 is 1.05 bits per heavy atom. The third kappa shape index (κ3) is 4.00. The van der Waals surface area contributed by atoms with Crippen LogP contribution in [0.4, 0.5) is 0 Å². The van der Waals surface area contributed by atoms with E-state index in [1.807, 2.05) is 12.1 Å². The molecule has 0 atom stereocenters. The summed E-state index contributed by atoms with van der Waals surface area (Å²) in [4.78, 5) is 34.3. The molecule has 0 amide bonds. The van der Waals surface area contributed by atoms with Crippen molar-refractivity contribution in [3.05, 3.63) is 35.4 Å². The molecule has 1 fully saturated rings. The van der Waals surface area contributed by atoms with E-state index in [1.165, 1.54) is 37.7 Å². The zero-order valence-electron chi connectivity index (χ0n) is 12.3. The number of benzene rings is 1. The van der Waals surface area contributed by atoms with Gasteiger partial charge in [-0.15, -0.1) is 0 Å². The van der Waals surface area contributed by atoms with E-state index in [1.54, 1.807) is 12.1 Å². The number of ketones is 2. The van der Waals surface area contributed by atoms with E-state index in [0.29, 0.717) is 11.5 Å². The van der Waals surface area contributed by atoms with Crippen molar-refractivity contribution >= 4 is 17.5 Å². The molecule has 1 aliphatic rings. The van der Waals surface area contributed by atoms with E-state index in [-0.39, 0.29) is 5.78 Å². The van der Waals surface area contributed by atoms with Crippen LogP contribution < -0.4 is 0 Å². The number of hydrogen-bond acceptors (Lipinski definition) is 4. The first-order valence-electron chi connectivity index (χ1n) is 7.36. The smallest absolute Gasteiger partial charge is 0.374 e. The average molecular weight is 288 g/mol. The van der Waals surface area contributed by atoms with Gasteiger partial charge in [-0.2, -0.15) is 0 Å². The largest absolute Gasteiger partial charge is 0.463 e. The lowest BCUT2D eigenvalue weighted by Crippen LogP contribution is -2.19. The number of methoxy groups -OCH3 is 1. The number of Topliss-reactive ketones (excluding diaryl/α,β-unsaturated/α-hetero) is 2. The Balaban J connectivity index is 1.99. The maximum Gasteiger partial charge on any atom is 0.374 e. The predicted molar refractivity (Wildman–Crippen MR) is 78.2 cm³/mol. The van der Waals surface area contributed by atoms with E-state index < -0.39 is 18.2 Å². The van der Waals surface area contributed by atoms with Crippen LogP contribution in [-0.2, 0) is 14.3 Å². The molecule has 21 heavy (non-hydrogen) atoms. The van der Waals surface area contributed by atoms with Crippen molar-refractivity contribution in [2.24, 2.45) is 0 Å². The third-order valence-corrected chi connectivity index (χ3v) is 4.04. The second-order valence-corrected chi connectivity index (χ2v) is 5.47. The number of carbonyl (C=O) groups excluding carboxylic acids is 3. The molecule has 0 unspecified atom stereocenters. The summed E-state index contributed by atoms with van der Waals surface area (Å²) in [6.45, 7) is 0. The lowest BCUT2D eigenvalue weighted by molar-refractivity contribution is -0.151. The van der Waals surface area contributed by atoms with Crippen molar-refractivity contribution in [1.29, 1.82) is 0 Å². The van der Waals surface area contributed by atoms with Gasteiger partial charge in [0.1, 0.15) is 0 Å². The predicted octanol–water partition coefficient (Wildman–Crippen LogP) is 3.05. The van der Waals surface area contributed by atoms with Gasteiger partial charge in [-0.25, -0.2) is 4.79 Å². The molecule has 4 nitrogen and oxygen atoms in total. The Hall–Kier alpha value is -1.97. The van der Waals surface area contributed by atoms with Gasteiger partial charge in [0.25, 0.3) is 0 Å². The van der Waals surface area contributed by atoms with Gasteiger partial charge in [0, 0.05) is 5.56 Å². The van der Waals surface area contributed by atoms with E-state index in [2.05, 4.69) is 4.74 Å². The maximum absolute atomic E-state index is 11.9. The van der Waals surface area contributed by atoms with Crippen LogP contribution in [0.15, 0.2) is 24.3 Å². The molecule has 0 spiro atoms. The zero-order chi connectivity index (χ0) is 15.2. The number of esters is 1. The molecule has 4 heteroatoms. The Morgan fingerprint density at radius 3 is 2.24 bits per heavy atom. The van der Waals surface area contributed by atoms with Gasteiger partial charge in [-0.05, 0) is 24.3 Å². The highest BCUT2D eigenvalue weighted by molar-refractivity contribution is 6.38. The van der Waals surface area contributed by atoms with Crippen LogP contribution in [-0.4, -0.2) is 24.6 Å². The monoisotopic (exact) mass is 288 g/mol. The molecule has 112 valence electrons. The van der Waals surface area contributed by atoms with Crippen LogP contribution in [0.1, 0.15) is 60.4 Å². The van der Waals surface area contributed by atoms with Crippen molar-refractivity contribution in [2.75, 3.05) is 7.11 Å². The summed E-state index contributed by atoms with van der Waals surface area (Å²) >= 11 is 0. The van der Waals surface area contributed by atoms with Gasteiger partial charge < -0.3 is 4.74 Å². The van der Waals surface area contributed by atoms with Gasteiger partial charge in [-0.3, -0.25) is 9.59 Å². The molecule has 1 aromatic carbocycles. The molecule has 0 aliphatic heterocycles. The summed E-state index contributed by atoms with van der Waals surface area (Å²) in [5.41, 5.74) is 1.72. The lowest BCUT2D eigenvalue weighted by atomic mass is 9.84. The minimum atomic E-state index is -0.970. The second-order valence-electron chi connectivity index (χ2n) is 5.47. The highest BCUT2D eigenvalue weighted by atomic mass is 16.5. The van der Waals surface area contributed by atoms with Crippen molar-refractivity contribution < 1.29 is 19.1 Å². The molecule has 0 N–H and O–H groups in total. The molecule has 1 saturated carbocycles. The average Bonchev–Trinajstić information content (AvgIpc) is 2.55. The minimum Gasteiger partial charge on any atom is -0.463 e. The van der Waals surface area contributed by atoms with Crippen molar-refractivity contribution in [3.8, 4) is 0 Å². The van der Waals surface area contributed by atoms with Crippen molar-refractivity contribution in [3.63, 3.8) is 0 Å². The third-order valence-electron chi connectivity index (χ3n) is 4.04. The zero-order valence-corrected chi connectivity index (χ0v) is 12.3. The first kappa shape index (κ1) is 15.4. The second kappa shape index (κ2) is 7.16.